The van der Waals surface area contributed by atoms with Gasteiger partial charge >= 0.3 is 0 Å². The van der Waals surface area contributed by atoms with Gasteiger partial charge in [-0.05, 0) is 62.5 Å². The molecular weight excluding hydrogens is 312 g/mol. The number of nitrogens with one attached hydrogen (secondary N) is 2. The van der Waals surface area contributed by atoms with Crippen LogP contribution in [0.15, 0.2) is 18.2 Å². The van der Waals surface area contributed by atoms with E-state index in [1.54, 1.807) is 25.1 Å². The maximum absolute atomic E-state index is 12.2. The highest BCUT2D eigenvalue weighted by atomic mass is 32.1. The van der Waals surface area contributed by atoms with Crippen molar-refractivity contribution >= 4 is 29.0 Å². The monoisotopic (exact) mass is 332 g/mol. The zero-order valence-electron chi connectivity index (χ0n) is 13.6. The summed E-state index contributed by atoms with van der Waals surface area (Å²) in [6.45, 7) is 7.58. The average Bonchev–Trinajstić information content (AvgIpc) is 2.95. The van der Waals surface area contributed by atoms with Crippen molar-refractivity contribution in [1.82, 2.24) is 14.9 Å². The number of nitrogens with zero attached hydrogens (tertiary/aromatic N) is 2. The van der Waals surface area contributed by atoms with E-state index in [0.29, 0.717) is 21.8 Å². The zero-order valence-corrected chi connectivity index (χ0v) is 14.5. The molecule has 0 radical (unpaired) electrons. The summed E-state index contributed by atoms with van der Waals surface area (Å²) >= 11 is 1.06. The van der Waals surface area contributed by atoms with Crippen molar-refractivity contribution in [3.05, 3.63) is 39.9 Å². The smallest absolute Gasteiger partial charge is 0.269 e. The molecule has 2 N–H and O–H groups in total. The normalized spacial score (nSPS) is 11.8. The molecule has 6 nitrogen and oxygen atoms in total. The Balaban J connectivity index is 2.12. The summed E-state index contributed by atoms with van der Waals surface area (Å²) in [5, 5.41) is 9.58. The Morgan fingerprint density at radius 1 is 1.26 bits per heavy atom. The number of hydrogen-bond donors (Lipinski definition) is 2. The first-order valence-corrected chi connectivity index (χ1v) is 8.21. The largest absolute Gasteiger partial charge is 0.350 e. The van der Waals surface area contributed by atoms with E-state index >= 15 is 0 Å². The van der Waals surface area contributed by atoms with Gasteiger partial charge in [0, 0.05) is 17.3 Å². The summed E-state index contributed by atoms with van der Waals surface area (Å²) in [6, 6.07) is 5.34. The number of rotatable bonds is 5. The molecule has 1 aromatic heterocycles. The van der Waals surface area contributed by atoms with Gasteiger partial charge in [-0.25, -0.2) is 0 Å². The van der Waals surface area contributed by atoms with E-state index in [0.717, 1.165) is 23.5 Å². The molecule has 2 rings (SSSR count). The van der Waals surface area contributed by atoms with E-state index in [9.17, 15) is 9.59 Å². The lowest BCUT2D eigenvalue weighted by Gasteiger charge is -2.13. The predicted molar refractivity (Wildman–Crippen MR) is 91.0 cm³/mol. The van der Waals surface area contributed by atoms with Crippen molar-refractivity contribution in [2.45, 2.75) is 40.2 Å². The van der Waals surface area contributed by atoms with Gasteiger partial charge in [-0.2, -0.15) is 0 Å². The highest BCUT2D eigenvalue weighted by molar-refractivity contribution is 7.08. The Hall–Kier alpha value is -2.28. The fourth-order valence-corrected chi connectivity index (χ4v) is 2.52. The molecule has 1 heterocycles. The third kappa shape index (κ3) is 4.13. The molecular formula is C16H20N4O2S. The summed E-state index contributed by atoms with van der Waals surface area (Å²) in [5.74, 6) is -0.347. The Morgan fingerprint density at radius 2 is 2.00 bits per heavy atom. The third-order valence-electron chi connectivity index (χ3n) is 3.58. The zero-order chi connectivity index (χ0) is 17.0. The van der Waals surface area contributed by atoms with E-state index in [4.69, 9.17) is 0 Å². The standard InChI is InChI=1S/C16H20N4O2S/c1-5-10(3)17-15(21)12-6-7-13(9(2)8-12)18-16(22)14-11(4)19-20-23-14/h6-8,10H,5H2,1-4H3,(H,17,21)(H,18,22)/t10-/m0/s1. The molecule has 0 aliphatic heterocycles. The van der Waals surface area contributed by atoms with Crippen LogP contribution in [0.3, 0.4) is 0 Å². The SMILES string of the molecule is CC[C@H](C)NC(=O)c1ccc(NC(=O)c2snnc2C)c(C)c1. The quantitative estimate of drug-likeness (QED) is 0.882. The van der Waals surface area contributed by atoms with Gasteiger partial charge in [-0.1, -0.05) is 11.4 Å². The van der Waals surface area contributed by atoms with Crippen molar-refractivity contribution in [2.75, 3.05) is 5.32 Å². The third-order valence-corrected chi connectivity index (χ3v) is 4.41. The van der Waals surface area contributed by atoms with E-state index in [1.807, 2.05) is 20.8 Å². The highest BCUT2D eigenvalue weighted by Gasteiger charge is 2.15. The lowest BCUT2D eigenvalue weighted by atomic mass is 10.1. The highest BCUT2D eigenvalue weighted by Crippen LogP contribution is 2.19. The molecule has 0 fully saturated rings. The van der Waals surface area contributed by atoms with Crippen molar-refractivity contribution in [3.8, 4) is 0 Å². The molecule has 0 aliphatic rings. The molecule has 0 saturated carbocycles. The van der Waals surface area contributed by atoms with Crippen LogP contribution in [0, 0.1) is 13.8 Å². The first-order chi connectivity index (χ1) is 10.9. The van der Waals surface area contributed by atoms with E-state index in [-0.39, 0.29) is 17.9 Å². The molecule has 0 spiro atoms. The molecule has 0 unspecified atom stereocenters. The van der Waals surface area contributed by atoms with Crippen molar-refractivity contribution in [2.24, 2.45) is 0 Å². The lowest BCUT2D eigenvalue weighted by molar-refractivity contribution is 0.0938. The molecule has 1 atom stereocenters. The second kappa shape index (κ2) is 7.32. The number of carbonyl (C=O) groups excluding carboxylic acids is 2. The van der Waals surface area contributed by atoms with Crippen molar-refractivity contribution < 1.29 is 9.59 Å². The van der Waals surface area contributed by atoms with E-state index < -0.39 is 0 Å². The topological polar surface area (TPSA) is 84.0 Å². The first-order valence-electron chi connectivity index (χ1n) is 7.44. The summed E-state index contributed by atoms with van der Waals surface area (Å²) in [6.07, 6.45) is 0.876. The minimum Gasteiger partial charge on any atom is -0.350 e. The molecule has 1 aromatic carbocycles. The van der Waals surface area contributed by atoms with Crippen LogP contribution in [-0.2, 0) is 0 Å². The molecule has 0 saturated heterocycles. The van der Waals surface area contributed by atoms with Crippen LogP contribution in [0.5, 0.6) is 0 Å². The van der Waals surface area contributed by atoms with Gasteiger partial charge in [0.15, 0.2) is 0 Å². The second-order valence-electron chi connectivity index (χ2n) is 5.45. The van der Waals surface area contributed by atoms with Gasteiger partial charge in [0.2, 0.25) is 0 Å². The van der Waals surface area contributed by atoms with Gasteiger partial charge in [-0.15, -0.1) is 5.10 Å². The van der Waals surface area contributed by atoms with Crippen LogP contribution < -0.4 is 10.6 Å². The van der Waals surface area contributed by atoms with E-state index in [2.05, 4.69) is 20.2 Å². The van der Waals surface area contributed by atoms with Gasteiger partial charge < -0.3 is 10.6 Å². The minimum atomic E-state index is -0.239. The summed E-state index contributed by atoms with van der Waals surface area (Å²) in [7, 11) is 0. The Morgan fingerprint density at radius 3 is 2.57 bits per heavy atom. The number of aryl methyl sites for hydroxylation is 2. The average molecular weight is 332 g/mol. The Labute approximate surface area is 139 Å². The summed E-state index contributed by atoms with van der Waals surface area (Å²) in [5.41, 5.74) is 2.68. The summed E-state index contributed by atoms with van der Waals surface area (Å²) < 4.78 is 3.76. The minimum absolute atomic E-state index is 0.108. The summed E-state index contributed by atoms with van der Waals surface area (Å²) in [4.78, 5) is 24.8. The van der Waals surface area contributed by atoms with E-state index in [1.165, 1.54) is 0 Å². The van der Waals surface area contributed by atoms with Crippen LogP contribution in [0.25, 0.3) is 0 Å². The van der Waals surface area contributed by atoms with Gasteiger partial charge in [0.05, 0.1) is 5.69 Å². The van der Waals surface area contributed by atoms with Crippen LogP contribution in [0.4, 0.5) is 5.69 Å². The molecule has 23 heavy (non-hydrogen) atoms. The van der Waals surface area contributed by atoms with Crippen molar-refractivity contribution in [3.63, 3.8) is 0 Å². The number of amides is 2. The lowest BCUT2D eigenvalue weighted by Crippen LogP contribution is -2.31. The molecule has 7 heteroatoms. The van der Waals surface area contributed by atoms with Crippen LogP contribution >= 0.6 is 11.5 Å². The van der Waals surface area contributed by atoms with Gasteiger partial charge in [0.1, 0.15) is 4.88 Å². The first kappa shape index (κ1) is 17.1. The molecule has 0 bridgehead atoms. The fraction of sp³-hybridized carbons (Fsp3) is 0.375. The second-order valence-corrected chi connectivity index (χ2v) is 6.21. The maximum Gasteiger partial charge on any atom is 0.269 e. The van der Waals surface area contributed by atoms with Crippen LogP contribution in [0.1, 0.15) is 51.6 Å². The number of hydrogen-bond acceptors (Lipinski definition) is 5. The van der Waals surface area contributed by atoms with Crippen LogP contribution in [-0.4, -0.2) is 27.4 Å². The molecule has 0 aliphatic carbocycles. The van der Waals surface area contributed by atoms with Gasteiger partial charge in [0.25, 0.3) is 11.8 Å². The maximum atomic E-state index is 12.2. The van der Waals surface area contributed by atoms with Crippen molar-refractivity contribution in [1.29, 1.82) is 0 Å². The van der Waals surface area contributed by atoms with Crippen LogP contribution in [0.2, 0.25) is 0 Å². The number of carbonyl (C=O) groups is 2. The molecule has 2 aromatic rings. The van der Waals surface area contributed by atoms with Gasteiger partial charge in [-0.3, -0.25) is 9.59 Å². The fourth-order valence-electron chi connectivity index (χ4n) is 1.97. The number of aromatic nitrogens is 2. The Bertz CT molecular complexity index is 727. The molecule has 122 valence electrons. The Kier molecular flexibility index (Phi) is 5.44. The molecule has 2 amide bonds. The number of anilines is 1. The number of benzene rings is 1. The predicted octanol–water partition coefficient (Wildman–Crippen LogP) is 2.94.